The molecule has 0 amide bonds. The number of Topliss-reactive ketones (excluding diaryl/α,β-unsaturated/α-hetero) is 1. The molecule has 0 unspecified atom stereocenters. The Bertz CT molecular complexity index is 395. The van der Waals surface area contributed by atoms with Gasteiger partial charge in [-0.1, -0.05) is 48.1 Å². The van der Waals surface area contributed by atoms with Gasteiger partial charge >= 0.3 is 0 Å². The number of rotatable bonds is 3. The summed E-state index contributed by atoms with van der Waals surface area (Å²) in [6.07, 6.45) is 10.2. The Morgan fingerprint density at radius 2 is 1.10 bits per heavy atom. The molecule has 0 aliphatic heterocycles. The maximum Gasteiger partial charge on any atom is 0.126 e. The standard InChI is InChI=1S/C9H14.C8H14.C3H6O/c1-5-7-9(4)8(3)6-2;1-5-7(3)8(4)6-2;1-3(2)4/h5-7H,2H2,1,3-4H3;5-6H,1-4H3;1-2H3/b7-5-,9-8-;7-5-,8-6-;. The Morgan fingerprint density at radius 3 is 1.29 bits per heavy atom. The first-order valence-electron chi connectivity index (χ1n) is 7.33. The van der Waals surface area contributed by atoms with Crippen LogP contribution in [0, 0.1) is 0 Å². The summed E-state index contributed by atoms with van der Waals surface area (Å²) in [4.78, 5) is 9.44. The second kappa shape index (κ2) is 16.4. The minimum absolute atomic E-state index is 0.167. The van der Waals surface area contributed by atoms with Gasteiger partial charge in [0.2, 0.25) is 0 Å². The van der Waals surface area contributed by atoms with Crippen molar-refractivity contribution in [2.45, 2.75) is 62.3 Å². The molecule has 0 atom stereocenters. The first-order valence-corrected chi connectivity index (χ1v) is 7.33. The molecule has 0 radical (unpaired) electrons. The Morgan fingerprint density at radius 1 is 0.762 bits per heavy atom. The summed E-state index contributed by atoms with van der Waals surface area (Å²) in [6.45, 7) is 21.2. The summed E-state index contributed by atoms with van der Waals surface area (Å²) in [5, 5.41) is 0. The molecule has 0 aliphatic carbocycles. The van der Waals surface area contributed by atoms with Gasteiger partial charge in [0.15, 0.2) is 0 Å². The van der Waals surface area contributed by atoms with Gasteiger partial charge in [0.05, 0.1) is 0 Å². The molecule has 120 valence electrons. The van der Waals surface area contributed by atoms with Gasteiger partial charge in [0.25, 0.3) is 0 Å². The number of hydrogen-bond acceptors (Lipinski definition) is 1. The zero-order valence-electron chi connectivity index (χ0n) is 15.5. The maximum atomic E-state index is 9.44. The van der Waals surface area contributed by atoms with Crippen molar-refractivity contribution in [2.24, 2.45) is 0 Å². The number of ketones is 1. The quantitative estimate of drug-likeness (QED) is 0.535. The lowest BCUT2D eigenvalue weighted by molar-refractivity contribution is -0.114. The number of carbonyl (C=O) groups is 1. The highest BCUT2D eigenvalue weighted by molar-refractivity contribution is 5.72. The van der Waals surface area contributed by atoms with Gasteiger partial charge < -0.3 is 4.79 Å². The zero-order valence-corrected chi connectivity index (χ0v) is 15.5. The summed E-state index contributed by atoms with van der Waals surface area (Å²) >= 11 is 0. The Balaban J connectivity index is -0.000000249. The van der Waals surface area contributed by atoms with Crippen LogP contribution in [0.5, 0.6) is 0 Å². The molecule has 0 rings (SSSR count). The minimum Gasteiger partial charge on any atom is -0.300 e. The lowest BCUT2D eigenvalue weighted by Gasteiger charge is -1.95. The Kier molecular flexibility index (Phi) is 19.1. The predicted octanol–water partition coefficient (Wildman–Crippen LogP) is 6.60. The molecule has 0 aliphatic rings. The van der Waals surface area contributed by atoms with Gasteiger partial charge in [-0.3, -0.25) is 0 Å². The van der Waals surface area contributed by atoms with E-state index < -0.39 is 0 Å². The number of allylic oxidation sites excluding steroid dienone is 9. The molecule has 0 aromatic rings. The van der Waals surface area contributed by atoms with Crippen molar-refractivity contribution < 1.29 is 4.79 Å². The van der Waals surface area contributed by atoms with Crippen molar-refractivity contribution in [3.63, 3.8) is 0 Å². The third kappa shape index (κ3) is 20.8. The average Bonchev–Trinajstić information content (AvgIpc) is 2.44. The molecule has 0 saturated carbocycles. The van der Waals surface area contributed by atoms with Crippen LogP contribution in [0.25, 0.3) is 0 Å². The Labute approximate surface area is 132 Å². The van der Waals surface area contributed by atoms with Crippen molar-refractivity contribution in [1.29, 1.82) is 0 Å². The molecule has 21 heavy (non-hydrogen) atoms. The van der Waals surface area contributed by atoms with Gasteiger partial charge in [-0.2, -0.15) is 0 Å². The molecule has 0 spiro atoms. The van der Waals surface area contributed by atoms with Gasteiger partial charge in [0, 0.05) is 0 Å². The van der Waals surface area contributed by atoms with E-state index in [2.05, 4.69) is 66.3 Å². The maximum absolute atomic E-state index is 9.44. The van der Waals surface area contributed by atoms with Crippen LogP contribution in [0.2, 0.25) is 0 Å². The fourth-order valence-corrected chi connectivity index (χ4v) is 0.998. The third-order valence-corrected chi connectivity index (χ3v) is 2.83. The van der Waals surface area contributed by atoms with Crippen molar-refractivity contribution in [3.8, 4) is 0 Å². The highest BCUT2D eigenvalue weighted by Gasteiger charge is 1.85. The summed E-state index contributed by atoms with van der Waals surface area (Å²) in [7, 11) is 0. The molecule has 1 nitrogen and oxygen atoms in total. The molecule has 0 fully saturated rings. The second-order valence-corrected chi connectivity index (χ2v) is 4.92. The van der Waals surface area contributed by atoms with Crippen LogP contribution in [0.3, 0.4) is 0 Å². The van der Waals surface area contributed by atoms with E-state index in [0.29, 0.717) is 0 Å². The zero-order chi connectivity index (χ0) is 17.4. The minimum atomic E-state index is 0.167. The fraction of sp³-hybridized carbons (Fsp3) is 0.450. The monoisotopic (exact) mass is 290 g/mol. The lowest BCUT2D eigenvalue weighted by Crippen LogP contribution is -1.74. The molecule has 0 heterocycles. The summed E-state index contributed by atoms with van der Waals surface area (Å²) in [5.74, 6) is 0.167. The smallest absolute Gasteiger partial charge is 0.126 e. The highest BCUT2D eigenvalue weighted by Crippen LogP contribution is 2.05. The van der Waals surface area contributed by atoms with E-state index in [4.69, 9.17) is 0 Å². The summed E-state index contributed by atoms with van der Waals surface area (Å²) in [5.41, 5.74) is 5.26. The van der Waals surface area contributed by atoms with Crippen molar-refractivity contribution in [1.82, 2.24) is 0 Å². The number of carbonyl (C=O) groups excluding carboxylic acids is 1. The molecule has 1 heteroatoms. The van der Waals surface area contributed by atoms with E-state index >= 15 is 0 Å². The van der Waals surface area contributed by atoms with Crippen LogP contribution in [0.15, 0.2) is 59.3 Å². The van der Waals surface area contributed by atoms with E-state index in [1.54, 1.807) is 0 Å². The van der Waals surface area contributed by atoms with Crippen LogP contribution in [0.4, 0.5) is 0 Å². The first kappa shape index (κ1) is 24.4. The fourth-order valence-electron chi connectivity index (χ4n) is 0.998. The van der Waals surface area contributed by atoms with E-state index in [9.17, 15) is 4.79 Å². The van der Waals surface area contributed by atoms with Crippen LogP contribution in [0.1, 0.15) is 62.3 Å². The predicted molar refractivity (Wildman–Crippen MR) is 98.6 cm³/mol. The Hall–Kier alpha value is -1.63. The SMILES string of the molecule is C/C=C(C)\C(C)=C/C.C=C/C(C)=C(C)\C=C/C.CC(C)=O. The average molecular weight is 290 g/mol. The first-order chi connectivity index (χ1) is 9.67. The van der Waals surface area contributed by atoms with Crippen LogP contribution < -0.4 is 0 Å². The highest BCUT2D eigenvalue weighted by atomic mass is 16.1. The van der Waals surface area contributed by atoms with Crippen LogP contribution in [-0.4, -0.2) is 5.78 Å². The molecule has 0 aromatic heterocycles. The largest absolute Gasteiger partial charge is 0.300 e. The molecular formula is C20H34O. The summed E-state index contributed by atoms with van der Waals surface area (Å²) in [6, 6.07) is 0. The van der Waals surface area contributed by atoms with Crippen molar-refractivity contribution in [3.05, 3.63) is 59.3 Å². The molecule has 0 saturated heterocycles. The topological polar surface area (TPSA) is 17.1 Å². The van der Waals surface area contributed by atoms with E-state index in [-0.39, 0.29) is 5.78 Å². The van der Waals surface area contributed by atoms with Crippen LogP contribution >= 0.6 is 0 Å². The van der Waals surface area contributed by atoms with Gasteiger partial charge in [-0.25, -0.2) is 0 Å². The van der Waals surface area contributed by atoms with Gasteiger partial charge in [-0.05, 0) is 73.5 Å². The summed E-state index contributed by atoms with van der Waals surface area (Å²) < 4.78 is 0. The molecule has 0 bridgehead atoms. The number of hydrogen-bond donors (Lipinski definition) is 0. The van der Waals surface area contributed by atoms with Crippen molar-refractivity contribution >= 4 is 5.78 Å². The molecule has 0 N–H and O–H groups in total. The third-order valence-electron chi connectivity index (χ3n) is 2.83. The molecular weight excluding hydrogens is 256 g/mol. The van der Waals surface area contributed by atoms with E-state index in [1.807, 2.05) is 19.1 Å². The second-order valence-electron chi connectivity index (χ2n) is 4.92. The van der Waals surface area contributed by atoms with Gasteiger partial charge in [0.1, 0.15) is 5.78 Å². The van der Waals surface area contributed by atoms with E-state index in [0.717, 1.165) is 0 Å². The lowest BCUT2D eigenvalue weighted by atomic mass is 10.1. The van der Waals surface area contributed by atoms with E-state index in [1.165, 1.54) is 36.1 Å². The molecule has 0 aromatic carbocycles. The van der Waals surface area contributed by atoms with Crippen LogP contribution in [-0.2, 0) is 4.79 Å². The normalized spacial score (nSPS) is 12.6. The van der Waals surface area contributed by atoms with Crippen molar-refractivity contribution in [2.75, 3.05) is 0 Å². The van der Waals surface area contributed by atoms with Gasteiger partial charge in [-0.15, -0.1) is 0 Å².